The first-order chi connectivity index (χ1) is 11.6. The van der Waals surface area contributed by atoms with Gasteiger partial charge in [0.1, 0.15) is 0 Å². The summed E-state index contributed by atoms with van der Waals surface area (Å²) in [7, 11) is 0. The van der Waals surface area contributed by atoms with Crippen LogP contribution >= 0.6 is 12.4 Å². The number of carbonyl (C=O) groups excluding carboxylic acids is 2. The van der Waals surface area contributed by atoms with Gasteiger partial charge in [-0.1, -0.05) is 18.2 Å². The lowest BCUT2D eigenvalue weighted by molar-refractivity contribution is -0.131. The van der Waals surface area contributed by atoms with Crippen molar-refractivity contribution in [2.75, 3.05) is 19.6 Å². The molecule has 1 fully saturated rings. The van der Waals surface area contributed by atoms with Gasteiger partial charge >= 0.3 is 0 Å². The van der Waals surface area contributed by atoms with Crippen LogP contribution in [0.1, 0.15) is 30.3 Å². The van der Waals surface area contributed by atoms with E-state index in [9.17, 15) is 9.59 Å². The fourth-order valence-corrected chi connectivity index (χ4v) is 3.31. The highest BCUT2D eigenvalue weighted by Gasteiger charge is 2.31. The number of fused-ring (bicyclic) bond motifs is 1. The molecule has 7 nitrogen and oxygen atoms in total. The van der Waals surface area contributed by atoms with Crippen LogP contribution < -0.4 is 11.1 Å². The first-order valence-corrected chi connectivity index (χ1v) is 8.31. The number of hydrogen-bond acceptors (Lipinski definition) is 4. The minimum absolute atomic E-state index is 0. The molecule has 8 heteroatoms. The average Bonchev–Trinajstić information content (AvgIpc) is 3.18. The van der Waals surface area contributed by atoms with E-state index in [2.05, 4.69) is 15.5 Å². The highest BCUT2D eigenvalue weighted by molar-refractivity contribution is 6.04. The fraction of sp³-hybridized carbons (Fsp3) is 0.471. The highest BCUT2D eigenvalue weighted by Crippen LogP contribution is 2.22. The predicted octanol–water partition coefficient (Wildman–Crippen LogP) is 1.30. The summed E-state index contributed by atoms with van der Waals surface area (Å²) in [6.45, 7) is 3.67. The Morgan fingerprint density at radius 3 is 2.88 bits per heavy atom. The average molecular weight is 366 g/mol. The minimum atomic E-state index is -0.269. The van der Waals surface area contributed by atoms with Gasteiger partial charge in [0, 0.05) is 30.9 Å². The number of aromatic nitrogens is 2. The van der Waals surface area contributed by atoms with Gasteiger partial charge in [-0.25, -0.2) is 0 Å². The van der Waals surface area contributed by atoms with Gasteiger partial charge in [-0.05, 0) is 31.9 Å². The maximum Gasteiger partial charge on any atom is 0.272 e. The third-order valence-corrected chi connectivity index (χ3v) is 4.62. The zero-order valence-electron chi connectivity index (χ0n) is 14.2. The molecule has 136 valence electrons. The SMILES string of the molecule is CC1CC(CN)CN1C(=O)CCNC(=O)c1n[nH]c2ccccc12.Cl. The number of para-hydroxylation sites is 1. The number of H-pyrrole nitrogens is 1. The van der Waals surface area contributed by atoms with Crippen molar-refractivity contribution in [1.82, 2.24) is 20.4 Å². The number of aromatic amines is 1. The van der Waals surface area contributed by atoms with Crippen molar-refractivity contribution in [2.24, 2.45) is 11.7 Å². The second-order valence-corrected chi connectivity index (χ2v) is 6.36. The summed E-state index contributed by atoms with van der Waals surface area (Å²) < 4.78 is 0. The van der Waals surface area contributed by atoms with E-state index in [0.29, 0.717) is 31.2 Å². The third kappa shape index (κ3) is 4.11. The summed E-state index contributed by atoms with van der Waals surface area (Å²) in [6.07, 6.45) is 1.24. The fourth-order valence-electron chi connectivity index (χ4n) is 3.31. The number of nitrogens with two attached hydrogens (primary N) is 1. The number of rotatable bonds is 5. The zero-order valence-corrected chi connectivity index (χ0v) is 15.0. The van der Waals surface area contributed by atoms with Crippen LogP contribution in [0.15, 0.2) is 24.3 Å². The van der Waals surface area contributed by atoms with E-state index < -0.39 is 0 Å². The van der Waals surface area contributed by atoms with Crippen LogP contribution in [0.2, 0.25) is 0 Å². The first-order valence-electron chi connectivity index (χ1n) is 8.31. The quantitative estimate of drug-likeness (QED) is 0.742. The van der Waals surface area contributed by atoms with Crippen LogP contribution in [0.3, 0.4) is 0 Å². The number of nitrogens with zero attached hydrogens (tertiary/aromatic N) is 2. The number of amides is 2. The monoisotopic (exact) mass is 365 g/mol. The molecule has 0 spiro atoms. The molecule has 0 bridgehead atoms. The van der Waals surface area contributed by atoms with E-state index in [0.717, 1.165) is 17.3 Å². The smallest absolute Gasteiger partial charge is 0.272 e. The van der Waals surface area contributed by atoms with Gasteiger partial charge in [-0.2, -0.15) is 5.10 Å². The second kappa shape index (κ2) is 8.31. The van der Waals surface area contributed by atoms with E-state index in [-0.39, 0.29) is 36.7 Å². The Hall–Kier alpha value is -2.12. The molecule has 2 aromatic rings. The van der Waals surface area contributed by atoms with Crippen molar-refractivity contribution in [1.29, 1.82) is 0 Å². The zero-order chi connectivity index (χ0) is 17.1. The lowest BCUT2D eigenvalue weighted by atomic mass is 10.1. The van der Waals surface area contributed by atoms with Gasteiger partial charge in [0.15, 0.2) is 5.69 Å². The van der Waals surface area contributed by atoms with Crippen LogP contribution in [-0.4, -0.2) is 52.6 Å². The molecule has 1 aliphatic heterocycles. The van der Waals surface area contributed by atoms with E-state index in [4.69, 9.17) is 5.73 Å². The van der Waals surface area contributed by atoms with Gasteiger partial charge < -0.3 is 16.0 Å². The molecule has 2 heterocycles. The van der Waals surface area contributed by atoms with Gasteiger partial charge in [0.2, 0.25) is 5.91 Å². The molecule has 1 aromatic heterocycles. The van der Waals surface area contributed by atoms with Crippen LogP contribution in [0.5, 0.6) is 0 Å². The Labute approximate surface area is 152 Å². The van der Waals surface area contributed by atoms with Crippen LogP contribution in [-0.2, 0) is 4.79 Å². The van der Waals surface area contributed by atoms with E-state index in [1.807, 2.05) is 36.1 Å². The van der Waals surface area contributed by atoms with Crippen molar-refractivity contribution in [3.63, 3.8) is 0 Å². The lowest BCUT2D eigenvalue weighted by Crippen LogP contribution is -2.37. The summed E-state index contributed by atoms with van der Waals surface area (Å²) in [4.78, 5) is 26.4. The summed E-state index contributed by atoms with van der Waals surface area (Å²) in [6, 6.07) is 7.67. The number of hydrogen-bond donors (Lipinski definition) is 3. The molecule has 2 amide bonds. The Kier molecular flexibility index (Phi) is 6.39. The topological polar surface area (TPSA) is 104 Å². The van der Waals surface area contributed by atoms with Crippen molar-refractivity contribution in [2.45, 2.75) is 25.8 Å². The highest BCUT2D eigenvalue weighted by atomic mass is 35.5. The number of benzene rings is 1. The number of halogens is 1. The van der Waals surface area contributed by atoms with E-state index in [1.54, 1.807) is 0 Å². The molecular formula is C17H24ClN5O2. The molecule has 25 heavy (non-hydrogen) atoms. The molecule has 0 saturated carbocycles. The van der Waals surface area contributed by atoms with Crippen LogP contribution in [0, 0.1) is 5.92 Å². The molecule has 1 aliphatic rings. The molecule has 1 saturated heterocycles. The van der Waals surface area contributed by atoms with Crippen molar-refractivity contribution >= 4 is 35.1 Å². The molecule has 2 unspecified atom stereocenters. The van der Waals surface area contributed by atoms with Crippen molar-refractivity contribution < 1.29 is 9.59 Å². The first kappa shape index (κ1) is 19.2. The maximum absolute atomic E-state index is 12.3. The van der Waals surface area contributed by atoms with Gasteiger partial charge in [-0.15, -0.1) is 12.4 Å². The van der Waals surface area contributed by atoms with Crippen LogP contribution in [0.4, 0.5) is 0 Å². The van der Waals surface area contributed by atoms with Crippen molar-refractivity contribution in [3.05, 3.63) is 30.0 Å². The Morgan fingerprint density at radius 1 is 1.40 bits per heavy atom. The van der Waals surface area contributed by atoms with Crippen LogP contribution in [0.25, 0.3) is 10.9 Å². The third-order valence-electron chi connectivity index (χ3n) is 4.62. The largest absolute Gasteiger partial charge is 0.350 e. The molecule has 3 rings (SSSR count). The number of likely N-dealkylation sites (tertiary alicyclic amines) is 1. The Balaban J connectivity index is 0.00000225. The van der Waals surface area contributed by atoms with Gasteiger partial charge in [-0.3, -0.25) is 14.7 Å². The molecule has 0 radical (unpaired) electrons. The summed E-state index contributed by atoms with van der Waals surface area (Å²) >= 11 is 0. The van der Waals surface area contributed by atoms with E-state index in [1.165, 1.54) is 0 Å². The maximum atomic E-state index is 12.3. The number of nitrogens with one attached hydrogen (secondary N) is 2. The molecule has 0 aliphatic carbocycles. The van der Waals surface area contributed by atoms with E-state index >= 15 is 0 Å². The van der Waals surface area contributed by atoms with Gasteiger partial charge in [0.25, 0.3) is 5.91 Å². The standard InChI is InChI=1S/C17H23N5O2.ClH/c1-11-8-12(9-18)10-22(11)15(23)6-7-19-17(24)16-13-4-2-3-5-14(13)20-21-16;/h2-5,11-12H,6-10,18H2,1H3,(H,19,24)(H,20,21);1H. The normalized spacial score (nSPS) is 19.7. The Morgan fingerprint density at radius 2 is 2.16 bits per heavy atom. The van der Waals surface area contributed by atoms with Crippen molar-refractivity contribution in [3.8, 4) is 0 Å². The summed E-state index contributed by atoms with van der Waals surface area (Å²) in [5.74, 6) is 0.175. The predicted molar refractivity (Wildman–Crippen MR) is 98.6 cm³/mol. The second-order valence-electron chi connectivity index (χ2n) is 6.36. The molecular weight excluding hydrogens is 342 g/mol. The molecule has 1 aromatic carbocycles. The number of carbonyl (C=O) groups is 2. The minimum Gasteiger partial charge on any atom is -0.350 e. The summed E-state index contributed by atoms with van der Waals surface area (Å²) in [5.41, 5.74) is 6.87. The Bertz CT molecular complexity index is 747. The lowest BCUT2D eigenvalue weighted by Gasteiger charge is -2.21. The van der Waals surface area contributed by atoms with Gasteiger partial charge in [0.05, 0.1) is 5.52 Å². The summed E-state index contributed by atoms with van der Waals surface area (Å²) in [5, 5.41) is 10.4. The molecule has 4 N–H and O–H groups in total. The molecule has 2 atom stereocenters.